The van der Waals surface area contributed by atoms with Gasteiger partial charge in [0.25, 0.3) is 5.91 Å². The fraction of sp³-hybridized carbons (Fsp3) is 0.652. The molecule has 3 fully saturated rings. The minimum atomic E-state index is -0.867. The van der Waals surface area contributed by atoms with E-state index in [1.54, 1.807) is 11.3 Å². The maximum atomic E-state index is 13.5. The second-order valence-electron chi connectivity index (χ2n) is 9.36. The zero-order chi connectivity index (χ0) is 23.0. The van der Waals surface area contributed by atoms with Gasteiger partial charge in [-0.25, -0.2) is 9.78 Å². The zero-order valence-corrected chi connectivity index (χ0v) is 19.8. The van der Waals surface area contributed by atoms with Crippen LogP contribution in [0.3, 0.4) is 0 Å². The SMILES string of the molecule is CCCC1(C2CCN(C(=O)Cc3cn4ccsc4n3)CC2)NC(=O)N(CC2CCCO2)C1=O. The molecule has 2 aromatic rings. The average molecular weight is 474 g/mol. The molecule has 10 heteroatoms. The highest BCUT2D eigenvalue weighted by molar-refractivity contribution is 7.15. The lowest BCUT2D eigenvalue weighted by Crippen LogP contribution is -2.56. The number of nitrogens with zero attached hydrogens (tertiary/aromatic N) is 4. The van der Waals surface area contributed by atoms with E-state index in [0.717, 1.165) is 29.9 Å². The van der Waals surface area contributed by atoms with Gasteiger partial charge >= 0.3 is 6.03 Å². The molecule has 0 radical (unpaired) electrons. The lowest BCUT2D eigenvalue weighted by Gasteiger charge is -2.41. The largest absolute Gasteiger partial charge is 0.376 e. The predicted octanol–water partition coefficient (Wildman–Crippen LogP) is 2.45. The summed E-state index contributed by atoms with van der Waals surface area (Å²) in [6.07, 6.45) is 8.73. The molecular formula is C23H31N5O4S. The van der Waals surface area contributed by atoms with Gasteiger partial charge in [-0.2, -0.15) is 0 Å². The number of fused-ring (bicyclic) bond motifs is 1. The average Bonchev–Trinajstić information content (AvgIpc) is 3.57. The number of hydrogen-bond acceptors (Lipinski definition) is 6. The van der Waals surface area contributed by atoms with Crippen LogP contribution in [0, 0.1) is 5.92 Å². The molecule has 178 valence electrons. The number of carbonyl (C=O) groups excluding carboxylic acids is 3. The van der Waals surface area contributed by atoms with E-state index in [0.29, 0.717) is 45.5 Å². The van der Waals surface area contributed by atoms with Gasteiger partial charge in [0, 0.05) is 37.5 Å². The Morgan fingerprint density at radius 2 is 2.12 bits per heavy atom. The number of piperidine rings is 1. The molecule has 4 amide bonds. The zero-order valence-electron chi connectivity index (χ0n) is 19.0. The summed E-state index contributed by atoms with van der Waals surface area (Å²) in [5, 5.41) is 5.04. The minimum absolute atomic E-state index is 0.0189. The van der Waals surface area contributed by atoms with E-state index in [2.05, 4.69) is 10.3 Å². The van der Waals surface area contributed by atoms with Gasteiger partial charge in [-0.3, -0.25) is 18.9 Å². The number of likely N-dealkylation sites (tertiary alicyclic amines) is 1. The van der Waals surface area contributed by atoms with Gasteiger partial charge < -0.3 is 15.0 Å². The first-order valence-corrected chi connectivity index (χ1v) is 12.8. The van der Waals surface area contributed by atoms with Gasteiger partial charge in [0.15, 0.2) is 4.96 Å². The highest BCUT2D eigenvalue weighted by Gasteiger charge is 2.55. The van der Waals surface area contributed by atoms with Crippen molar-refractivity contribution >= 4 is 34.1 Å². The number of imide groups is 1. The third kappa shape index (κ3) is 4.14. The number of urea groups is 1. The molecule has 2 atom stereocenters. The van der Waals surface area contributed by atoms with Crippen molar-refractivity contribution in [2.45, 2.75) is 63.5 Å². The number of ether oxygens (including phenoxy) is 1. The van der Waals surface area contributed by atoms with Gasteiger partial charge in [-0.15, -0.1) is 11.3 Å². The Labute approximate surface area is 197 Å². The van der Waals surface area contributed by atoms with Gasteiger partial charge in [0.1, 0.15) is 5.54 Å². The molecule has 33 heavy (non-hydrogen) atoms. The molecule has 5 rings (SSSR count). The number of thiazole rings is 1. The molecular weight excluding hydrogens is 442 g/mol. The van der Waals surface area contributed by atoms with Crippen LogP contribution in [-0.2, 0) is 20.7 Å². The van der Waals surface area contributed by atoms with E-state index in [4.69, 9.17) is 4.74 Å². The van der Waals surface area contributed by atoms with Crippen LogP contribution in [0.5, 0.6) is 0 Å². The summed E-state index contributed by atoms with van der Waals surface area (Å²) in [5.41, 5.74) is -0.0900. The van der Waals surface area contributed by atoms with E-state index in [1.807, 2.05) is 34.0 Å². The monoisotopic (exact) mass is 473 g/mol. The quantitative estimate of drug-likeness (QED) is 0.623. The second-order valence-corrected chi connectivity index (χ2v) is 10.2. The van der Waals surface area contributed by atoms with E-state index >= 15 is 0 Å². The maximum Gasteiger partial charge on any atom is 0.325 e. The first-order valence-electron chi connectivity index (χ1n) is 11.9. The van der Waals surface area contributed by atoms with E-state index in [1.165, 1.54) is 4.90 Å². The van der Waals surface area contributed by atoms with Crippen LogP contribution < -0.4 is 5.32 Å². The van der Waals surface area contributed by atoms with Crippen molar-refractivity contribution in [3.05, 3.63) is 23.5 Å². The van der Waals surface area contributed by atoms with Gasteiger partial charge in [0.05, 0.1) is 24.8 Å². The number of amides is 4. The Morgan fingerprint density at radius 3 is 2.82 bits per heavy atom. The van der Waals surface area contributed by atoms with Crippen LogP contribution in [0.2, 0.25) is 0 Å². The first kappa shape index (κ1) is 22.3. The number of nitrogens with one attached hydrogen (secondary N) is 1. The van der Waals surface area contributed by atoms with Crippen molar-refractivity contribution in [2.75, 3.05) is 26.2 Å². The second kappa shape index (κ2) is 9.06. The van der Waals surface area contributed by atoms with E-state index in [-0.39, 0.29) is 36.3 Å². The van der Waals surface area contributed by atoms with Crippen molar-refractivity contribution in [2.24, 2.45) is 5.92 Å². The van der Waals surface area contributed by atoms with Gasteiger partial charge in [-0.05, 0) is 38.0 Å². The Morgan fingerprint density at radius 1 is 1.30 bits per heavy atom. The van der Waals surface area contributed by atoms with Crippen molar-refractivity contribution < 1.29 is 19.1 Å². The molecule has 0 aliphatic carbocycles. The third-order valence-corrected chi connectivity index (χ3v) is 8.05. The van der Waals surface area contributed by atoms with Crippen LogP contribution >= 0.6 is 11.3 Å². The Hall–Kier alpha value is -2.46. The van der Waals surface area contributed by atoms with Gasteiger partial charge in [-0.1, -0.05) is 13.3 Å². The third-order valence-electron chi connectivity index (χ3n) is 7.28. The summed E-state index contributed by atoms with van der Waals surface area (Å²) in [5.74, 6) is -0.0383. The van der Waals surface area contributed by atoms with Crippen LogP contribution in [0.1, 0.15) is 51.1 Å². The van der Waals surface area contributed by atoms with Crippen molar-refractivity contribution in [1.82, 2.24) is 24.5 Å². The fourth-order valence-electron chi connectivity index (χ4n) is 5.60. The molecule has 2 unspecified atom stereocenters. The Balaban J connectivity index is 1.23. The molecule has 3 aliphatic heterocycles. The van der Waals surface area contributed by atoms with Crippen LogP contribution in [-0.4, -0.2) is 74.9 Å². The highest BCUT2D eigenvalue weighted by atomic mass is 32.1. The lowest BCUT2D eigenvalue weighted by molar-refractivity contribution is -0.136. The first-order chi connectivity index (χ1) is 16.0. The summed E-state index contributed by atoms with van der Waals surface area (Å²) in [7, 11) is 0. The number of imidazole rings is 1. The summed E-state index contributed by atoms with van der Waals surface area (Å²) in [6, 6.07) is -0.304. The maximum absolute atomic E-state index is 13.5. The lowest BCUT2D eigenvalue weighted by atomic mass is 9.74. The number of carbonyl (C=O) groups is 3. The smallest absolute Gasteiger partial charge is 0.325 e. The van der Waals surface area contributed by atoms with Crippen LogP contribution in [0.15, 0.2) is 17.8 Å². The number of hydrogen-bond donors (Lipinski definition) is 1. The Bertz CT molecular complexity index is 1010. The number of rotatable bonds is 7. The minimum Gasteiger partial charge on any atom is -0.376 e. The molecule has 9 nitrogen and oxygen atoms in total. The Kier molecular flexibility index (Phi) is 6.13. The van der Waals surface area contributed by atoms with Crippen molar-refractivity contribution in [3.63, 3.8) is 0 Å². The topological polar surface area (TPSA) is 96.2 Å². The van der Waals surface area contributed by atoms with Crippen molar-refractivity contribution in [1.29, 1.82) is 0 Å². The fourth-order valence-corrected chi connectivity index (χ4v) is 6.32. The normalized spacial score (nSPS) is 26.5. The van der Waals surface area contributed by atoms with Crippen LogP contribution in [0.25, 0.3) is 4.96 Å². The van der Waals surface area contributed by atoms with Crippen LogP contribution in [0.4, 0.5) is 4.79 Å². The standard InChI is InChI=1S/C23H31N5O4S/c1-2-7-23(20(30)28(21(31)25-23)15-18-4-3-11-32-18)16-5-8-26(9-6-16)19(29)13-17-14-27-10-12-33-22(27)24-17/h10,12,14,16,18H,2-9,11,13,15H2,1H3,(H,25,31). The molecule has 3 saturated heterocycles. The molecule has 1 N–H and O–H groups in total. The van der Waals surface area contributed by atoms with Crippen molar-refractivity contribution in [3.8, 4) is 0 Å². The molecule has 0 aromatic carbocycles. The molecule has 0 bridgehead atoms. The summed E-state index contributed by atoms with van der Waals surface area (Å²) in [6.45, 7) is 4.24. The molecule has 3 aliphatic rings. The molecule has 2 aromatic heterocycles. The summed E-state index contributed by atoms with van der Waals surface area (Å²) in [4.78, 5) is 47.9. The molecule has 0 spiro atoms. The highest BCUT2D eigenvalue weighted by Crippen LogP contribution is 2.37. The predicted molar refractivity (Wildman–Crippen MR) is 123 cm³/mol. The molecule has 5 heterocycles. The summed E-state index contributed by atoms with van der Waals surface area (Å²) >= 11 is 1.55. The van der Waals surface area contributed by atoms with E-state index in [9.17, 15) is 14.4 Å². The molecule has 0 saturated carbocycles. The number of aromatic nitrogens is 2. The van der Waals surface area contributed by atoms with Gasteiger partial charge in [0.2, 0.25) is 5.91 Å². The van der Waals surface area contributed by atoms with E-state index < -0.39 is 5.54 Å². The summed E-state index contributed by atoms with van der Waals surface area (Å²) < 4.78 is 7.60.